The minimum Gasteiger partial charge on any atom is -0.349 e. The van der Waals surface area contributed by atoms with E-state index in [0.29, 0.717) is 0 Å². The van der Waals surface area contributed by atoms with Gasteiger partial charge in [0.15, 0.2) is 0 Å². The zero-order chi connectivity index (χ0) is 15.6. The van der Waals surface area contributed by atoms with Crippen LogP contribution in [0.3, 0.4) is 0 Å². The van der Waals surface area contributed by atoms with E-state index in [2.05, 4.69) is 19.2 Å². The molecule has 1 unspecified atom stereocenters. The number of nitrogens with zero attached hydrogens (tertiary/aromatic N) is 1. The molecular formula is C15H19ClN2O3. The quantitative estimate of drug-likeness (QED) is 0.678. The molecular weight excluding hydrogens is 292 g/mol. The smallest absolute Gasteiger partial charge is 0.300 e. The second kappa shape index (κ2) is 6.02. The van der Waals surface area contributed by atoms with Crippen molar-refractivity contribution < 1.29 is 9.72 Å². The van der Waals surface area contributed by atoms with Crippen LogP contribution in [0.25, 0.3) is 0 Å². The maximum atomic E-state index is 12.3. The lowest BCUT2D eigenvalue weighted by Gasteiger charge is -2.35. The highest BCUT2D eigenvalue weighted by Crippen LogP contribution is 2.35. The molecule has 0 saturated heterocycles. The third-order valence-electron chi connectivity index (χ3n) is 3.95. The van der Waals surface area contributed by atoms with Crippen molar-refractivity contribution in [2.75, 3.05) is 0 Å². The minimum atomic E-state index is -0.609. The Morgan fingerprint density at radius 3 is 2.81 bits per heavy atom. The van der Waals surface area contributed by atoms with Crippen molar-refractivity contribution in [1.82, 2.24) is 5.32 Å². The van der Waals surface area contributed by atoms with Gasteiger partial charge >= 0.3 is 5.69 Å². The number of carbonyl (C=O) groups excluding carboxylic acids is 1. The summed E-state index contributed by atoms with van der Waals surface area (Å²) in [5.74, 6) is -0.424. The lowest BCUT2D eigenvalue weighted by molar-refractivity contribution is -0.385. The summed E-state index contributed by atoms with van der Waals surface area (Å²) < 4.78 is 0. The van der Waals surface area contributed by atoms with Gasteiger partial charge in [-0.05, 0) is 36.8 Å². The molecule has 0 bridgehead atoms. The standard InChI is InChI=1S/C15H19ClN2O3/c1-15(2)8-4-5-10(9-15)17-14(19)11-6-3-7-12(16)13(11)18(20)21/h3,6-7,10H,4-5,8-9H2,1-2H3,(H,17,19). The van der Waals surface area contributed by atoms with Gasteiger partial charge in [-0.3, -0.25) is 14.9 Å². The third kappa shape index (κ3) is 3.73. The number of nitrogens with one attached hydrogen (secondary N) is 1. The number of benzene rings is 1. The molecule has 1 amide bonds. The number of hydrogen-bond donors (Lipinski definition) is 1. The van der Waals surface area contributed by atoms with E-state index in [0.717, 1.165) is 25.7 Å². The largest absolute Gasteiger partial charge is 0.349 e. The first kappa shape index (κ1) is 15.8. The van der Waals surface area contributed by atoms with E-state index < -0.39 is 10.8 Å². The Kier molecular flexibility index (Phi) is 4.52. The summed E-state index contributed by atoms with van der Waals surface area (Å²) in [6, 6.07) is 4.46. The van der Waals surface area contributed by atoms with Gasteiger partial charge in [0, 0.05) is 6.04 Å². The summed E-state index contributed by atoms with van der Waals surface area (Å²) in [4.78, 5) is 22.8. The summed E-state index contributed by atoms with van der Waals surface area (Å²) in [6.07, 6.45) is 3.98. The van der Waals surface area contributed by atoms with E-state index in [-0.39, 0.29) is 27.7 Å². The van der Waals surface area contributed by atoms with Crippen molar-refractivity contribution >= 4 is 23.2 Å². The van der Waals surface area contributed by atoms with Crippen LogP contribution in [0.15, 0.2) is 18.2 Å². The fraction of sp³-hybridized carbons (Fsp3) is 0.533. The van der Waals surface area contributed by atoms with Crippen LogP contribution in [-0.4, -0.2) is 16.9 Å². The molecule has 1 aromatic carbocycles. The number of hydrogen-bond acceptors (Lipinski definition) is 3. The van der Waals surface area contributed by atoms with Crippen LogP contribution in [0.2, 0.25) is 5.02 Å². The van der Waals surface area contributed by atoms with Crippen LogP contribution in [0.5, 0.6) is 0 Å². The minimum absolute atomic E-state index is 0.0170. The molecule has 0 spiro atoms. The number of carbonyl (C=O) groups is 1. The Hall–Kier alpha value is -1.62. The second-order valence-corrected chi connectivity index (χ2v) is 6.73. The number of nitro groups is 1. The van der Waals surface area contributed by atoms with E-state index in [1.54, 1.807) is 6.07 Å². The molecule has 1 atom stereocenters. The van der Waals surface area contributed by atoms with Crippen molar-refractivity contribution in [1.29, 1.82) is 0 Å². The van der Waals surface area contributed by atoms with Crippen molar-refractivity contribution in [3.63, 3.8) is 0 Å². The molecule has 0 radical (unpaired) electrons. The first-order valence-electron chi connectivity index (χ1n) is 7.04. The maximum absolute atomic E-state index is 12.3. The van der Waals surface area contributed by atoms with Crippen LogP contribution in [0.1, 0.15) is 49.9 Å². The molecule has 0 aliphatic heterocycles. The lowest BCUT2D eigenvalue weighted by atomic mass is 9.75. The molecule has 21 heavy (non-hydrogen) atoms. The molecule has 0 aromatic heterocycles. The number of amides is 1. The molecule has 0 heterocycles. The summed E-state index contributed by atoms with van der Waals surface area (Å²) in [5, 5.41) is 14.0. The predicted molar refractivity (Wildman–Crippen MR) is 81.6 cm³/mol. The molecule has 1 N–H and O–H groups in total. The molecule has 1 saturated carbocycles. The van der Waals surface area contributed by atoms with Crippen molar-refractivity contribution in [3.8, 4) is 0 Å². The monoisotopic (exact) mass is 310 g/mol. The Morgan fingerprint density at radius 2 is 2.19 bits per heavy atom. The fourth-order valence-corrected chi connectivity index (χ4v) is 3.21. The highest BCUT2D eigenvalue weighted by Gasteiger charge is 2.31. The summed E-state index contributed by atoms with van der Waals surface area (Å²) in [5.41, 5.74) is -0.112. The van der Waals surface area contributed by atoms with E-state index in [1.807, 2.05) is 0 Å². The van der Waals surface area contributed by atoms with Crippen molar-refractivity contribution in [2.24, 2.45) is 5.41 Å². The van der Waals surface area contributed by atoms with Crippen LogP contribution in [0.4, 0.5) is 5.69 Å². The number of para-hydroxylation sites is 1. The first-order chi connectivity index (χ1) is 9.80. The van der Waals surface area contributed by atoms with E-state index in [9.17, 15) is 14.9 Å². The zero-order valence-corrected chi connectivity index (χ0v) is 12.9. The van der Waals surface area contributed by atoms with Gasteiger partial charge in [-0.2, -0.15) is 0 Å². The van der Waals surface area contributed by atoms with Gasteiger partial charge in [0.25, 0.3) is 5.91 Å². The van der Waals surface area contributed by atoms with Gasteiger partial charge in [0.2, 0.25) is 0 Å². The van der Waals surface area contributed by atoms with Gasteiger partial charge in [-0.1, -0.05) is 37.9 Å². The van der Waals surface area contributed by atoms with Gasteiger partial charge in [0.1, 0.15) is 10.6 Å². The Labute approximate surface area is 128 Å². The summed E-state index contributed by atoms with van der Waals surface area (Å²) in [6.45, 7) is 4.35. The van der Waals surface area contributed by atoms with Crippen LogP contribution >= 0.6 is 11.6 Å². The van der Waals surface area contributed by atoms with Gasteiger partial charge in [-0.15, -0.1) is 0 Å². The van der Waals surface area contributed by atoms with Crippen molar-refractivity contribution in [3.05, 3.63) is 38.9 Å². The van der Waals surface area contributed by atoms with Crippen LogP contribution in [-0.2, 0) is 0 Å². The van der Waals surface area contributed by atoms with E-state index >= 15 is 0 Å². The SMILES string of the molecule is CC1(C)CCCC(NC(=O)c2cccc(Cl)c2[N+](=O)[O-])C1. The molecule has 1 fully saturated rings. The molecule has 5 nitrogen and oxygen atoms in total. The fourth-order valence-electron chi connectivity index (χ4n) is 2.97. The van der Waals surface area contributed by atoms with Gasteiger partial charge in [0.05, 0.1) is 4.92 Å². The Balaban J connectivity index is 2.18. The normalized spacial score (nSPS) is 20.8. The molecule has 6 heteroatoms. The Morgan fingerprint density at radius 1 is 1.48 bits per heavy atom. The summed E-state index contributed by atoms with van der Waals surface area (Å²) >= 11 is 5.83. The lowest BCUT2D eigenvalue weighted by Crippen LogP contribution is -2.40. The molecule has 2 rings (SSSR count). The highest BCUT2D eigenvalue weighted by molar-refractivity contribution is 6.33. The second-order valence-electron chi connectivity index (χ2n) is 6.32. The molecule has 1 aliphatic carbocycles. The number of halogens is 1. The number of rotatable bonds is 3. The topological polar surface area (TPSA) is 72.2 Å². The zero-order valence-electron chi connectivity index (χ0n) is 12.2. The van der Waals surface area contributed by atoms with Gasteiger partial charge < -0.3 is 5.32 Å². The molecule has 1 aromatic rings. The predicted octanol–water partition coefficient (Wildman–Crippen LogP) is 3.95. The van der Waals surface area contributed by atoms with E-state index in [1.165, 1.54) is 12.1 Å². The number of nitro benzene ring substituents is 1. The van der Waals surface area contributed by atoms with E-state index in [4.69, 9.17) is 11.6 Å². The molecule has 114 valence electrons. The maximum Gasteiger partial charge on any atom is 0.300 e. The highest BCUT2D eigenvalue weighted by atomic mass is 35.5. The van der Waals surface area contributed by atoms with Crippen molar-refractivity contribution in [2.45, 2.75) is 45.6 Å². The van der Waals surface area contributed by atoms with Gasteiger partial charge in [-0.25, -0.2) is 0 Å². The molecule has 1 aliphatic rings. The summed E-state index contributed by atoms with van der Waals surface area (Å²) in [7, 11) is 0. The van der Waals surface area contributed by atoms with Crippen LogP contribution in [0, 0.1) is 15.5 Å². The third-order valence-corrected chi connectivity index (χ3v) is 4.26. The van der Waals surface area contributed by atoms with Crippen LogP contribution < -0.4 is 5.32 Å². The first-order valence-corrected chi connectivity index (χ1v) is 7.42. The average molecular weight is 311 g/mol. The Bertz CT molecular complexity index is 572. The average Bonchev–Trinajstić information content (AvgIpc) is 2.36.